The Balaban J connectivity index is 1.76. The quantitative estimate of drug-likeness (QED) is 0.278. The molecule has 4 rings (SSSR count). The molecule has 1 fully saturated rings. The van der Waals surface area contributed by atoms with E-state index >= 15 is 0 Å². The van der Waals surface area contributed by atoms with E-state index in [1.54, 1.807) is 11.0 Å². The number of carbonyl (C=O) groups is 1. The molecule has 1 aromatic heterocycles. The lowest BCUT2D eigenvalue weighted by Crippen LogP contribution is -2.27. The average molecular weight is 448 g/mol. The first-order valence-corrected chi connectivity index (χ1v) is 11.1. The lowest BCUT2D eigenvalue weighted by molar-refractivity contribution is -0.121. The molecule has 0 N–H and O–H groups in total. The molecule has 0 aliphatic carbocycles. The summed E-state index contributed by atoms with van der Waals surface area (Å²) in [6, 6.07) is 17.6. The van der Waals surface area contributed by atoms with Crippen LogP contribution in [0, 0.1) is 0 Å². The summed E-state index contributed by atoms with van der Waals surface area (Å²) in [5.41, 5.74) is 3.49. The molecule has 156 valence electrons. The zero-order valence-electron chi connectivity index (χ0n) is 17.0. The summed E-state index contributed by atoms with van der Waals surface area (Å²) in [6.45, 7) is 6.60. The van der Waals surface area contributed by atoms with Crippen LogP contribution >= 0.6 is 24.0 Å². The molecule has 0 saturated carbocycles. The number of likely N-dealkylation sites (N-methyl/N-ethyl adjacent to an activating group) is 1. The van der Waals surface area contributed by atoms with E-state index in [0.29, 0.717) is 22.4 Å². The highest BCUT2D eigenvalue weighted by atomic mass is 32.2. The molecule has 3 aromatic rings. The first-order chi connectivity index (χ1) is 15.1. The number of nitrogens with zero attached hydrogens (tertiary/aromatic N) is 3. The fourth-order valence-corrected chi connectivity index (χ4v) is 4.58. The maximum Gasteiger partial charge on any atom is 0.266 e. The second kappa shape index (κ2) is 9.32. The predicted octanol–water partition coefficient (Wildman–Crippen LogP) is 5.33. The SMILES string of the molecule is C=CCOc1ccc(-c2nn(-c3ccccc3)cc2/C=C2\SC(=S)N(CC)C2=O)cc1. The van der Waals surface area contributed by atoms with Gasteiger partial charge in [-0.25, -0.2) is 4.68 Å². The summed E-state index contributed by atoms with van der Waals surface area (Å²) in [5, 5.41) is 4.82. The Bertz CT molecular complexity index is 1150. The van der Waals surface area contributed by atoms with E-state index in [0.717, 1.165) is 28.3 Å². The summed E-state index contributed by atoms with van der Waals surface area (Å²) < 4.78 is 7.99. The molecule has 1 aliphatic heterocycles. The Hall–Kier alpha value is -3.16. The third kappa shape index (κ3) is 4.47. The Kier molecular flexibility index (Phi) is 6.34. The van der Waals surface area contributed by atoms with Crippen molar-refractivity contribution < 1.29 is 9.53 Å². The molecule has 0 unspecified atom stereocenters. The van der Waals surface area contributed by atoms with Crippen LogP contribution in [0.1, 0.15) is 12.5 Å². The van der Waals surface area contributed by atoms with Gasteiger partial charge in [0.25, 0.3) is 5.91 Å². The van der Waals surface area contributed by atoms with Gasteiger partial charge in [0.1, 0.15) is 16.7 Å². The number of benzene rings is 2. The van der Waals surface area contributed by atoms with E-state index in [1.165, 1.54) is 11.8 Å². The Morgan fingerprint density at radius 1 is 1.16 bits per heavy atom. The highest BCUT2D eigenvalue weighted by molar-refractivity contribution is 8.26. The van der Waals surface area contributed by atoms with Crippen molar-refractivity contribution in [1.29, 1.82) is 0 Å². The summed E-state index contributed by atoms with van der Waals surface area (Å²) in [5.74, 6) is 0.695. The van der Waals surface area contributed by atoms with Gasteiger partial charge >= 0.3 is 0 Å². The molecule has 7 heteroatoms. The van der Waals surface area contributed by atoms with Crippen LogP contribution in [-0.4, -0.2) is 38.1 Å². The second-order valence-electron chi connectivity index (χ2n) is 6.76. The van der Waals surface area contributed by atoms with E-state index in [1.807, 2.05) is 78.5 Å². The average Bonchev–Trinajstić information content (AvgIpc) is 3.33. The zero-order valence-corrected chi connectivity index (χ0v) is 18.7. The van der Waals surface area contributed by atoms with Gasteiger partial charge in [0.05, 0.1) is 16.3 Å². The topological polar surface area (TPSA) is 47.4 Å². The summed E-state index contributed by atoms with van der Waals surface area (Å²) in [7, 11) is 0. The van der Waals surface area contributed by atoms with Crippen molar-refractivity contribution in [2.24, 2.45) is 0 Å². The molecule has 5 nitrogen and oxygen atoms in total. The van der Waals surface area contributed by atoms with Crippen molar-refractivity contribution >= 4 is 40.3 Å². The van der Waals surface area contributed by atoms with Gasteiger partial charge in [-0.3, -0.25) is 9.69 Å². The van der Waals surface area contributed by atoms with Crippen LogP contribution in [0.25, 0.3) is 23.0 Å². The van der Waals surface area contributed by atoms with Gasteiger partial charge in [-0.1, -0.05) is 54.8 Å². The maximum atomic E-state index is 12.7. The smallest absolute Gasteiger partial charge is 0.266 e. The molecule has 1 saturated heterocycles. The minimum absolute atomic E-state index is 0.0657. The lowest BCUT2D eigenvalue weighted by atomic mass is 10.1. The van der Waals surface area contributed by atoms with Crippen molar-refractivity contribution in [3.8, 4) is 22.7 Å². The minimum Gasteiger partial charge on any atom is -0.490 e. The highest BCUT2D eigenvalue weighted by Gasteiger charge is 2.31. The van der Waals surface area contributed by atoms with Crippen molar-refractivity contribution in [3.63, 3.8) is 0 Å². The number of ether oxygens (including phenoxy) is 1. The largest absolute Gasteiger partial charge is 0.490 e. The summed E-state index contributed by atoms with van der Waals surface area (Å²) in [6.07, 6.45) is 5.52. The standard InChI is InChI=1S/C24H21N3O2S2/c1-3-14-29-20-12-10-17(11-13-20)22-18(15-21-23(28)26(4-2)24(30)31-21)16-27(25-22)19-8-6-5-7-9-19/h3,5-13,15-16H,1,4,14H2,2H3/b21-15-. The van der Waals surface area contributed by atoms with Crippen molar-refractivity contribution in [1.82, 2.24) is 14.7 Å². The van der Waals surface area contributed by atoms with Crippen molar-refractivity contribution in [3.05, 3.63) is 83.9 Å². The third-order valence-electron chi connectivity index (χ3n) is 4.74. The van der Waals surface area contributed by atoms with Gasteiger partial charge in [-0.15, -0.1) is 0 Å². The summed E-state index contributed by atoms with van der Waals surface area (Å²) >= 11 is 6.68. The number of thiocarbonyl (C=S) groups is 1. The van der Waals surface area contributed by atoms with Gasteiger partial charge in [0.15, 0.2) is 0 Å². The number of para-hydroxylation sites is 1. The predicted molar refractivity (Wildman–Crippen MR) is 130 cm³/mol. The second-order valence-corrected chi connectivity index (χ2v) is 8.44. The van der Waals surface area contributed by atoms with Gasteiger partial charge < -0.3 is 4.74 Å². The first-order valence-electron chi connectivity index (χ1n) is 9.85. The molecule has 31 heavy (non-hydrogen) atoms. The number of rotatable bonds is 7. The lowest BCUT2D eigenvalue weighted by Gasteiger charge is -2.09. The van der Waals surface area contributed by atoms with Crippen LogP contribution in [0.4, 0.5) is 0 Å². The molecule has 0 spiro atoms. The number of hydrogen-bond donors (Lipinski definition) is 0. The van der Waals surface area contributed by atoms with Gasteiger partial charge in [0, 0.05) is 23.9 Å². The zero-order chi connectivity index (χ0) is 21.8. The maximum absolute atomic E-state index is 12.7. The van der Waals surface area contributed by atoms with Crippen LogP contribution in [0.3, 0.4) is 0 Å². The van der Waals surface area contributed by atoms with Gasteiger partial charge in [-0.2, -0.15) is 5.10 Å². The minimum atomic E-state index is -0.0657. The molecule has 1 aliphatic rings. The molecule has 2 heterocycles. The monoisotopic (exact) mass is 447 g/mol. The normalized spacial score (nSPS) is 15.0. The molecule has 1 amide bonds. The first kappa shape index (κ1) is 21.1. The summed E-state index contributed by atoms with van der Waals surface area (Å²) in [4.78, 5) is 14.9. The number of hydrogen-bond acceptors (Lipinski definition) is 5. The van der Waals surface area contributed by atoms with Gasteiger partial charge in [-0.05, 0) is 49.4 Å². The Morgan fingerprint density at radius 3 is 2.55 bits per heavy atom. The fourth-order valence-electron chi connectivity index (χ4n) is 3.21. The van der Waals surface area contributed by atoms with Crippen LogP contribution in [-0.2, 0) is 4.79 Å². The Labute approximate surface area is 191 Å². The third-order valence-corrected chi connectivity index (χ3v) is 6.11. The van der Waals surface area contributed by atoms with Crippen LogP contribution in [0.2, 0.25) is 0 Å². The van der Waals surface area contributed by atoms with Crippen molar-refractivity contribution in [2.45, 2.75) is 6.92 Å². The molecule has 0 atom stereocenters. The van der Waals surface area contributed by atoms with E-state index in [4.69, 9.17) is 22.1 Å². The van der Waals surface area contributed by atoms with E-state index < -0.39 is 0 Å². The molecule has 0 radical (unpaired) electrons. The van der Waals surface area contributed by atoms with E-state index in [2.05, 4.69) is 6.58 Å². The Morgan fingerprint density at radius 2 is 1.90 bits per heavy atom. The van der Waals surface area contributed by atoms with Crippen LogP contribution in [0.5, 0.6) is 5.75 Å². The molecular formula is C24H21N3O2S2. The molecular weight excluding hydrogens is 426 g/mol. The molecule has 0 bridgehead atoms. The van der Waals surface area contributed by atoms with E-state index in [-0.39, 0.29) is 5.91 Å². The number of thioether (sulfide) groups is 1. The molecule has 2 aromatic carbocycles. The number of amides is 1. The van der Waals surface area contributed by atoms with Crippen LogP contribution in [0.15, 0.2) is 78.4 Å². The van der Waals surface area contributed by atoms with Crippen LogP contribution < -0.4 is 4.74 Å². The van der Waals surface area contributed by atoms with E-state index in [9.17, 15) is 4.79 Å². The van der Waals surface area contributed by atoms with Crippen molar-refractivity contribution in [2.75, 3.05) is 13.2 Å². The number of aromatic nitrogens is 2. The number of carbonyl (C=O) groups excluding carboxylic acids is 1. The highest BCUT2D eigenvalue weighted by Crippen LogP contribution is 2.35. The fraction of sp³-hybridized carbons (Fsp3) is 0.125. The van der Waals surface area contributed by atoms with Gasteiger partial charge in [0.2, 0.25) is 0 Å².